The Labute approximate surface area is 179 Å². The monoisotopic (exact) mass is 436 g/mol. The Morgan fingerprint density at radius 3 is 2.41 bits per heavy atom. The number of amides is 1. The fraction of sp³-hybridized carbons (Fsp3) is 0.409. The minimum atomic E-state index is -3.48. The Balaban J connectivity index is 1.94. The van der Waals surface area contributed by atoms with Crippen LogP contribution in [-0.4, -0.2) is 27.1 Å². The van der Waals surface area contributed by atoms with Gasteiger partial charge in [-0.1, -0.05) is 43.1 Å². The number of nitrogens with one attached hydrogen (secondary N) is 1. The van der Waals surface area contributed by atoms with E-state index in [9.17, 15) is 13.2 Å². The van der Waals surface area contributed by atoms with Gasteiger partial charge in [-0.25, -0.2) is 8.42 Å². The lowest BCUT2D eigenvalue weighted by atomic mass is 10.1. The molecule has 29 heavy (non-hydrogen) atoms. The third kappa shape index (κ3) is 7.05. The van der Waals surface area contributed by atoms with Gasteiger partial charge in [0, 0.05) is 23.7 Å². The number of hydrogen-bond acceptors (Lipinski definition) is 3. The molecule has 0 aliphatic carbocycles. The lowest BCUT2D eigenvalue weighted by Gasteiger charge is -2.24. The molecule has 2 aromatic carbocycles. The van der Waals surface area contributed by atoms with Gasteiger partial charge in [0.05, 0.1) is 11.9 Å². The number of unbranched alkanes of at least 4 members (excludes halogenated alkanes) is 1. The SMILES string of the molecule is CCCCc1ccc(NC(=O)CCCN(c2cccc(Cl)c2C)S(C)(=O)=O)cc1. The Kier molecular flexibility index (Phi) is 8.53. The Hall–Kier alpha value is -2.05. The van der Waals surface area contributed by atoms with Gasteiger partial charge in [-0.15, -0.1) is 0 Å². The summed E-state index contributed by atoms with van der Waals surface area (Å²) in [5, 5.41) is 3.38. The van der Waals surface area contributed by atoms with Crippen molar-refractivity contribution in [3.63, 3.8) is 0 Å². The van der Waals surface area contributed by atoms with Crippen LogP contribution in [0.25, 0.3) is 0 Å². The van der Waals surface area contributed by atoms with Crippen LogP contribution < -0.4 is 9.62 Å². The van der Waals surface area contributed by atoms with Crippen LogP contribution in [0.2, 0.25) is 5.02 Å². The molecule has 0 radical (unpaired) electrons. The van der Waals surface area contributed by atoms with Gasteiger partial charge < -0.3 is 5.32 Å². The highest BCUT2D eigenvalue weighted by atomic mass is 35.5. The number of sulfonamides is 1. The van der Waals surface area contributed by atoms with Gasteiger partial charge in [-0.2, -0.15) is 0 Å². The number of halogens is 1. The maximum atomic E-state index is 12.3. The molecule has 0 bridgehead atoms. The molecule has 0 spiro atoms. The molecule has 0 fully saturated rings. The number of carbonyl (C=O) groups is 1. The maximum absolute atomic E-state index is 12.3. The molecule has 1 amide bonds. The average molecular weight is 437 g/mol. The number of nitrogens with zero attached hydrogens (tertiary/aromatic N) is 1. The van der Waals surface area contributed by atoms with Gasteiger partial charge in [0.15, 0.2) is 0 Å². The van der Waals surface area contributed by atoms with E-state index in [1.165, 1.54) is 9.87 Å². The lowest BCUT2D eigenvalue weighted by molar-refractivity contribution is -0.116. The second kappa shape index (κ2) is 10.6. The van der Waals surface area contributed by atoms with Crippen molar-refractivity contribution in [2.75, 3.05) is 22.4 Å². The van der Waals surface area contributed by atoms with E-state index in [2.05, 4.69) is 12.2 Å². The second-order valence-electron chi connectivity index (χ2n) is 7.17. The first kappa shape index (κ1) is 23.2. The first-order valence-corrected chi connectivity index (χ1v) is 12.1. The summed E-state index contributed by atoms with van der Waals surface area (Å²) in [7, 11) is -3.48. The molecule has 2 aromatic rings. The van der Waals surface area contributed by atoms with Gasteiger partial charge in [0.25, 0.3) is 0 Å². The maximum Gasteiger partial charge on any atom is 0.232 e. The number of benzene rings is 2. The van der Waals surface area contributed by atoms with E-state index in [1.807, 2.05) is 24.3 Å². The van der Waals surface area contributed by atoms with Crippen molar-refractivity contribution < 1.29 is 13.2 Å². The molecule has 0 aromatic heterocycles. The van der Waals surface area contributed by atoms with Crippen LogP contribution in [0.5, 0.6) is 0 Å². The van der Waals surface area contributed by atoms with E-state index in [4.69, 9.17) is 11.6 Å². The number of carbonyl (C=O) groups excluding carboxylic acids is 1. The summed E-state index contributed by atoms with van der Waals surface area (Å²) >= 11 is 6.14. The second-order valence-corrected chi connectivity index (χ2v) is 9.49. The quantitative estimate of drug-likeness (QED) is 0.558. The normalized spacial score (nSPS) is 11.3. The smallest absolute Gasteiger partial charge is 0.232 e. The Morgan fingerprint density at radius 2 is 1.79 bits per heavy atom. The molecular weight excluding hydrogens is 408 g/mol. The molecule has 7 heteroatoms. The summed E-state index contributed by atoms with van der Waals surface area (Å²) in [6.45, 7) is 4.16. The zero-order valence-corrected chi connectivity index (χ0v) is 18.8. The first-order valence-electron chi connectivity index (χ1n) is 9.84. The fourth-order valence-corrected chi connectivity index (χ4v) is 4.26. The minimum absolute atomic E-state index is 0.137. The molecule has 2 rings (SSSR count). The molecule has 0 atom stereocenters. The molecular formula is C22H29ClN2O3S. The van der Waals surface area contributed by atoms with Crippen molar-refractivity contribution in [3.05, 3.63) is 58.6 Å². The third-order valence-corrected chi connectivity index (χ3v) is 6.32. The van der Waals surface area contributed by atoms with Gasteiger partial charge in [-0.05, 0) is 61.6 Å². The Bertz CT molecular complexity index is 928. The molecule has 158 valence electrons. The largest absolute Gasteiger partial charge is 0.326 e. The van der Waals surface area contributed by atoms with Crippen LogP contribution in [0.1, 0.15) is 43.7 Å². The van der Waals surface area contributed by atoms with Crippen LogP contribution in [0.15, 0.2) is 42.5 Å². The third-order valence-electron chi connectivity index (χ3n) is 4.73. The van der Waals surface area contributed by atoms with Crippen molar-refractivity contribution >= 4 is 38.9 Å². The van der Waals surface area contributed by atoms with E-state index in [0.29, 0.717) is 22.7 Å². The summed E-state index contributed by atoms with van der Waals surface area (Å²) in [5.41, 5.74) is 3.25. The summed E-state index contributed by atoms with van der Waals surface area (Å²) in [6.07, 6.45) is 5.12. The Morgan fingerprint density at radius 1 is 1.10 bits per heavy atom. The highest BCUT2D eigenvalue weighted by molar-refractivity contribution is 7.92. The zero-order chi connectivity index (χ0) is 21.4. The van der Waals surface area contributed by atoms with Gasteiger partial charge >= 0.3 is 0 Å². The van der Waals surface area contributed by atoms with Gasteiger partial charge in [-0.3, -0.25) is 9.10 Å². The van der Waals surface area contributed by atoms with Crippen LogP contribution >= 0.6 is 11.6 Å². The van der Waals surface area contributed by atoms with Crippen molar-refractivity contribution in [3.8, 4) is 0 Å². The number of anilines is 2. The van der Waals surface area contributed by atoms with E-state index in [0.717, 1.165) is 31.2 Å². The van der Waals surface area contributed by atoms with Gasteiger partial charge in [0.2, 0.25) is 15.9 Å². The van der Waals surface area contributed by atoms with Crippen LogP contribution in [-0.2, 0) is 21.2 Å². The molecule has 1 N–H and O–H groups in total. The molecule has 0 heterocycles. The van der Waals surface area contributed by atoms with Crippen molar-refractivity contribution in [1.29, 1.82) is 0 Å². The molecule has 0 aliphatic rings. The summed E-state index contributed by atoms with van der Waals surface area (Å²) in [5.74, 6) is -0.137. The van der Waals surface area contributed by atoms with E-state index in [-0.39, 0.29) is 18.9 Å². The highest BCUT2D eigenvalue weighted by Gasteiger charge is 2.20. The topological polar surface area (TPSA) is 66.5 Å². The highest BCUT2D eigenvalue weighted by Crippen LogP contribution is 2.28. The molecule has 0 aliphatic heterocycles. The van der Waals surface area contributed by atoms with Crippen LogP contribution in [0, 0.1) is 6.92 Å². The number of hydrogen-bond donors (Lipinski definition) is 1. The van der Waals surface area contributed by atoms with Crippen LogP contribution in [0.4, 0.5) is 11.4 Å². The molecule has 5 nitrogen and oxygen atoms in total. The predicted molar refractivity (Wildman–Crippen MR) is 121 cm³/mol. The summed E-state index contributed by atoms with van der Waals surface area (Å²) in [4.78, 5) is 12.3. The number of aryl methyl sites for hydroxylation is 1. The first-order chi connectivity index (χ1) is 13.7. The standard InChI is InChI=1S/C22H29ClN2O3S/c1-4-5-8-18-12-14-19(15-13-18)24-22(26)11-7-16-25(29(3,27)28)21-10-6-9-20(23)17(21)2/h6,9-10,12-15H,4-5,7-8,11,16H2,1-3H3,(H,24,26). The summed E-state index contributed by atoms with van der Waals surface area (Å²) < 4.78 is 25.8. The van der Waals surface area contributed by atoms with Crippen molar-refractivity contribution in [2.24, 2.45) is 0 Å². The fourth-order valence-electron chi connectivity index (χ4n) is 3.07. The lowest BCUT2D eigenvalue weighted by Crippen LogP contribution is -2.32. The molecule has 0 saturated heterocycles. The van der Waals surface area contributed by atoms with E-state index >= 15 is 0 Å². The minimum Gasteiger partial charge on any atom is -0.326 e. The van der Waals surface area contributed by atoms with E-state index < -0.39 is 10.0 Å². The molecule has 0 unspecified atom stereocenters. The van der Waals surface area contributed by atoms with Crippen LogP contribution in [0.3, 0.4) is 0 Å². The molecule has 0 saturated carbocycles. The number of rotatable bonds is 10. The summed E-state index contributed by atoms with van der Waals surface area (Å²) in [6, 6.07) is 13.0. The van der Waals surface area contributed by atoms with Crippen molar-refractivity contribution in [1.82, 2.24) is 0 Å². The van der Waals surface area contributed by atoms with E-state index in [1.54, 1.807) is 25.1 Å². The van der Waals surface area contributed by atoms with Crippen molar-refractivity contribution in [2.45, 2.75) is 46.0 Å². The van der Waals surface area contributed by atoms with Gasteiger partial charge in [0.1, 0.15) is 0 Å². The average Bonchev–Trinajstić information content (AvgIpc) is 2.66. The predicted octanol–water partition coefficient (Wildman–Crippen LogP) is 5.18. The zero-order valence-electron chi connectivity index (χ0n) is 17.2.